The molecule has 0 aliphatic carbocycles. The molecule has 3 heterocycles. The van der Waals surface area contributed by atoms with E-state index in [4.69, 9.17) is 0 Å². The number of carbonyl (C=O) groups excluding carboxylic acids is 2. The van der Waals surface area contributed by atoms with Gasteiger partial charge in [-0.15, -0.1) is 16.9 Å². The first-order chi connectivity index (χ1) is 18.2. The number of H-pyrrole nitrogens is 1. The molecule has 13 nitrogen and oxygen atoms in total. The zero-order valence-corrected chi connectivity index (χ0v) is 22.3. The van der Waals surface area contributed by atoms with Crippen LogP contribution in [0.5, 0.6) is 0 Å². The predicted octanol–water partition coefficient (Wildman–Crippen LogP) is 0.616. The molecule has 1 unspecified atom stereocenters. The van der Waals surface area contributed by atoms with Crippen LogP contribution in [0.25, 0.3) is 0 Å². The number of aromatic nitrogens is 4. The van der Waals surface area contributed by atoms with Crippen molar-refractivity contribution >= 4 is 47.3 Å². The second kappa shape index (κ2) is 11.5. The van der Waals surface area contributed by atoms with Crippen LogP contribution >= 0.6 is 23.5 Å². The van der Waals surface area contributed by atoms with Crippen LogP contribution in [0.3, 0.4) is 0 Å². The first kappa shape index (κ1) is 27.6. The lowest BCUT2D eigenvalue weighted by atomic mass is 9.90. The van der Waals surface area contributed by atoms with Crippen molar-refractivity contribution in [1.29, 1.82) is 0 Å². The summed E-state index contributed by atoms with van der Waals surface area (Å²) in [4.78, 5) is 52.2. The maximum atomic E-state index is 13.2. The van der Waals surface area contributed by atoms with Crippen LogP contribution < -0.4 is 10.6 Å². The average molecular weight is 562 g/mol. The Hall–Kier alpha value is -3.43. The van der Waals surface area contributed by atoms with Crippen molar-refractivity contribution in [3.63, 3.8) is 0 Å². The van der Waals surface area contributed by atoms with Crippen LogP contribution in [-0.4, -0.2) is 88.5 Å². The maximum Gasteiger partial charge on any atom is 0.352 e. The van der Waals surface area contributed by atoms with Gasteiger partial charge in [-0.05, 0) is 40.6 Å². The number of carboxylic acid groups (broad SMARTS) is 2. The number of nitrogens with one attached hydrogen (secondary N) is 3. The summed E-state index contributed by atoms with van der Waals surface area (Å²) in [6, 6.07) is 6.55. The van der Waals surface area contributed by atoms with Crippen molar-refractivity contribution in [3.8, 4) is 0 Å². The van der Waals surface area contributed by atoms with Gasteiger partial charge in [-0.25, -0.2) is 9.89 Å². The third kappa shape index (κ3) is 5.13. The Bertz CT molecular complexity index is 1270. The van der Waals surface area contributed by atoms with Gasteiger partial charge in [0.05, 0.1) is 6.42 Å². The molecule has 3 atom stereocenters. The standard InChI is InChI=1S/C23H27N7O6S2/c1-3-8-23(21(35)36,38-22-26-28-29-27-22)14-11-37-19-16(18(32)30(19)17(14)20(33)34)25-15(31)9-12-6-4-5-7-13(12)10-24-2/h4-7,16,19,24H,3,8-11H2,1-2H3,(H,25,31)(H,33,34)(H,35,36)(H,26,27,28,29)/t16-,19-,23?/m0/s1. The maximum absolute atomic E-state index is 13.2. The smallest absolute Gasteiger partial charge is 0.352 e. The Morgan fingerprint density at radius 3 is 2.61 bits per heavy atom. The summed E-state index contributed by atoms with van der Waals surface area (Å²) in [5, 5.41) is 38.9. The number of carboxylic acids is 2. The molecule has 2 aliphatic rings. The summed E-state index contributed by atoms with van der Waals surface area (Å²) in [5.41, 5.74) is 1.48. The zero-order chi connectivity index (χ0) is 27.4. The highest BCUT2D eigenvalue weighted by molar-refractivity contribution is 8.02. The van der Waals surface area contributed by atoms with Gasteiger partial charge in [-0.1, -0.05) is 49.4 Å². The summed E-state index contributed by atoms with van der Waals surface area (Å²) in [5.74, 6) is -3.60. The van der Waals surface area contributed by atoms with Crippen LogP contribution in [-0.2, 0) is 32.1 Å². The minimum Gasteiger partial charge on any atom is -0.480 e. The molecule has 202 valence electrons. The van der Waals surface area contributed by atoms with Crippen LogP contribution in [0.4, 0.5) is 0 Å². The second-order valence-electron chi connectivity index (χ2n) is 8.75. The Labute approximate surface area is 226 Å². The highest BCUT2D eigenvalue weighted by Gasteiger charge is 2.58. The van der Waals surface area contributed by atoms with Crippen molar-refractivity contribution in [1.82, 2.24) is 36.2 Å². The molecule has 15 heteroatoms. The van der Waals surface area contributed by atoms with Gasteiger partial charge in [0.25, 0.3) is 5.91 Å². The molecule has 2 aromatic rings. The van der Waals surface area contributed by atoms with Crippen molar-refractivity contribution in [2.45, 2.75) is 54.1 Å². The molecule has 0 bridgehead atoms. The average Bonchev–Trinajstić information content (AvgIpc) is 3.40. The monoisotopic (exact) mass is 561 g/mol. The van der Waals surface area contributed by atoms with E-state index in [0.717, 1.165) is 27.8 Å². The van der Waals surface area contributed by atoms with Crippen molar-refractivity contribution < 1.29 is 29.4 Å². The SMILES string of the molecule is CCCC(Sc1nnn[nH]1)(C(=O)O)C1=C(C(=O)O)N2C(=O)[C@H](NC(=O)Cc3ccccc3CNC)[C@@H]2SC1. The van der Waals surface area contributed by atoms with E-state index >= 15 is 0 Å². The molecule has 1 aromatic carbocycles. The number of nitrogens with zero attached hydrogens (tertiary/aromatic N) is 4. The third-order valence-corrected chi connectivity index (χ3v) is 8.98. The Morgan fingerprint density at radius 2 is 2.00 bits per heavy atom. The Balaban J connectivity index is 1.60. The lowest BCUT2D eigenvalue weighted by Gasteiger charge is -2.51. The fourth-order valence-electron chi connectivity index (χ4n) is 4.67. The molecule has 4 rings (SSSR count). The fraction of sp³-hybridized carbons (Fsp3) is 0.435. The van der Waals surface area contributed by atoms with E-state index in [9.17, 15) is 29.4 Å². The van der Waals surface area contributed by atoms with E-state index in [1.807, 2.05) is 24.3 Å². The number of β-lactam (4-membered cyclic amide) rings is 1. The molecule has 1 aromatic heterocycles. The number of rotatable bonds is 12. The van der Waals surface area contributed by atoms with Crippen LogP contribution in [0.1, 0.15) is 30.9 Å². The number of hydrogen-bond donors (Lipinski definition) is 5. The molecule has 5 N–H and O–H groups in total. The molecule has 1 saturated heterocycles. The topological polar surface area (TPSA) is 190 Å². The summed E-state index contributed by atoms with van der Waals surface area (Å²) in [6.45, 7) is 2.37. The van der Waals surface area contributed by atoms with Crippen LogP contribution in [0, 0.1) is 0 Å². The predicted molar refractivity (Wildman–Crippen MR) is 138 cm³/mol. The number of hydrogen-bond acceptors (Lipinski definition) is 10. The molecule has 2 amide bonds. The van der Waals surface area contributed by atoms with Gasteiger partial charge in [-0.3, -0.25) is 19.3 Å². The van der Waals surface area contributed by atoms with Gasteiger partial charge >= 0.3 is 11.9 Å². The summed E-state index contributed by atoms with van der Waals surface area (Å²) in [6.07, 6.45) is 0.568. The lowest BCUT2D eigenvalue weighted by Crippen LogP contribution is -2.71. The highest BCUT2D eigenvalue weighted by atomic mass is 32.2. The van der Waals surface area contributed by atoms with Gasteiger partial charge in [0.15, 0.2) is 0 Å². The third-order valence-electron chi connectivity index (χ3n) is 6.36. The van der Waals surface area contributed by atoms with E-state index in [1.165, 1.54) is 11.8 Å². The number of tetrazole rings is 1. The fourth-order valence-corrected chi connectivity index (χ4v) is 7.40. The quantitative estimate of drug-likeness (QED) is 0.180. The number of aliphatic carboxylic acids is 2. The highest BCUT2D eigenvalue weighted by Crippen LogP contribution is 2.50. The Morgan fingerprint density at radius 1 is 1.26 bits per heavy atom. The summed E-state index contributed by atoms with van der Waals surface area (Å²) in [7, 11) is 1.81. The second-order valence-corrected chi connectivity index (χ2v) is 11.1. The van der Waals surface area contributed by atoms with E-state index in [0.29, 0.717) is 13.0 Å². The van der Waals surface area contributed by atoms with Gasteiger partial charge in [0.2, 0.25) is 11.1 Å². The van der Waals surface area contributed by atoms with Gasteiger partial charge in [0, 0.05) is 12.3 Å². The molecule has 38 heavy (non-hydrogen) atoms. The molecular formula is C23H27N7O6S2. The van der Waals surface area contributed by atoms with E-state index in [2.05, 4.69) is 31.3 Å². The van der Waals surface area contributed by atoms with Crippen molar-refractivity contribution in [2.75, 3.05) is 12.8 Å². The van der Waals surface area contributed by atoms with Gasteiger partial charge < -0.3 is 20.8 Å². The summed E-state index contributed by atoms with van der Waals surface area (Å²) < 4.78 is -1.71. The normalized spacial score (nSPS) is 20.4. The number of thioether (sulfide) groups is 2. The lowest BCUT2D eigenvalue weighted by molar-refractivity contribution is -0.151. The van der Waals surface area contributed by atoms with E-state index in [-0.39, 0.29) is 40.9 Å². The number of benzene rings is 1. The zero-order valence-electron chi connectivity index (χ0n) is 20.6. The van der Waals surface area contributed by atoms with Gasteiger partial charge in [0.1, 0.15) is 21.9 Å². The van der Waals surface area contributed by atoms with Crippen LogP contribution in [0.15, 0.2) is 40.7 Å². The van der Waals surface area contributed by atoms with E-state index < -0.39 is 34.0 Å². The minimum absolute atomic E-state index is 0.0360. The number of amides is 2. The van der Waals surface area contributed by atoms with E-state index in [1.54, 1.807) is 14.0 Å². The molecule has 1 fully saturated rings. The van der Waals surface area contributed by atoms with Crippen molar-refractivity contribution in [2.24, 2.45) is 0 Å². The summed E-state index contributed by atoms with van der Waals surface area (Å²) >= 11 is 2.03. The molecular weight excluding hydrogens is 534 g/mol. The molecule has 0 saturated carbocycles. The number of aromatic amines is 1. The molecule has 2 aliphatic heterocycles. The minimum atomic E-state index is -1.71. The van der Waals surface area contributed by atoms with Crippen molar-refractivity contribution in [3.05, 3.63) is 46.7 Å². The Kier molecular flexibility index (Phi) is 8.38. The largest absolute Gasteiger partial charge is 0.480 e. The number of fused-ring (bicyclic) bond motifs is 1. The first-order valence-corrected chi connectivity index (χ1v) is 13.7. The molecule has 0 spiro atoms. The van der Waals surface area contributed by atoms with Crippen LogP contribution in [0.2, 0.25) is 0 Å². The first-order valence-electron chi connectivity index (χ1n) is 11.8. The van der Waals surface area contributed by atoms with Gasteiger partial charge in [-0.2, -0.15) is 0 Å². The number of carbonyl (C=O) groups is 4. The molecule has 0 radical (unpaired) electrons.